The van der Waals surface area contributed by atoms with Crippen molar-refractivity contribution in [2.45, 2.75) is 17.4 Å². The number of sulfonamides is 1. The van der Waals surface area contributed by atoms with E-state index in [1.165, 1.54) is 18.3 Å². The Morgan fingerprint density at radius 1 is 1.56 bits per heavy atom. The molecule has 1 atom stereocenters. The molecule has 0 aromatic carbocycles. The summed E-state index contributed by atoms with van der Waals surface area (Å²) < 4.78 is 31.4. The number of nitrogens with zero attached hydrogens (tertiary/aromatic N) is 1. The number of nitrogen functional groups attached to an aromatic ring is 1. The molecule has 88 valence electrons. The van der Waals surface area contributed by atoms with Crippen molar-refractivity contribution in [2.75, 3.05) is 18.9 Å². The Hall–Kier alpha value is -1.18. The third kappa shape index (κ3) is 2.49. The predicted molar refractivity (Wildman–Crippen MR) is 58.2 cm³/mol. The third-order valence-corrected chi connectivity index (χ3v) is 3.83. The van der Waals surface area contributed by atoms with Gasteiger partial charge < -0.3 is 10.5 Å². The van der Waals surface area contributed by atoms with E-state index in [1.807, 2.05) is 0 Å². The second-order valence-corrected chi connectivity index (χ2v) is 5.31. The normalized spacial score (nSPS) is 21.1. The molecule has 2 rings (SSSR count). The number of hydrogen-bond acceptors (Lipinski definition) is 5. The van der Waals surface area contributed by atoms with E-state index in [0.717, 1.165) is 0 Å². The Bertz CT molecular complexity index is 469. The van der Waals surface area contributed by atoms with E-state index in [-0.39, 0.29) is 16.8 Å². The zero-order valence-electron chi connectivity index (χ0n) is 8.59. The molecule has 0 spiro atoms. The van der Waals surface area contributed by atoms with E-state index in [4.69, 9.17) is 10.5 Å². The second-order valence-electron chi connectivity index (χ2n) is 3.60. The number of nitrogens with one attached hydrogen (secondary N) is 1. The number of aromatic nitrogens is 1. The molecule has 0 aliphatic carbocycles. The standard InChI is InChI=1S/C9H13N3O3S/c10-9-5-8(1-3-11-9)16(13,14)12-7-2-4-15-6-7/h1,3,5,7,12H,2,4,6H2,(H2,10,11). The molecule has 16 heavy (non-hydrogen) atoms. The van der Waals surface area contributed by atoms with Gasteiger partial charge in [-0.15, -0.1) is 0 Å². The monoisotopic (exact) mass is 243 g/mol. The lowest BCUT2D eigenvalue weighted by Gasteiger charge is -2.11. The van der Waals surface area contributed by atoms with Crippen LogP contribution >= 0.6 is 0 Å². The van der Waals surface area contributed by atoms with Crippen molar-refractivity contribution < 1.29 is 13.2 Å². The first kappa shape index (κ1) is 11.3. The summed E-state index contributed by atoms with van der Waals surface area (Å²) in [6, 6.07) is 2.59. The molecular formula is C9H13N3O3S. The summed E-state index contributed by atoms with van der Waals surface area (Å²) in [6.07, 6.45) is 2.06. The first-order valence-corrected chi connectivity index (χ1v) is 6.38. The maximum absolute atomic E-state index is 11.9. The topological polar surface area (TPSA) is 94.3 Å². The van der Waals surface area contributed by atoms with E-state index in [2.05, 4.69) is 9.71 Å². The lowest BCUT2D eigenvalue weighted by Crippen LogP contribution is -2.35. The van der Waals surface area contributed by atoms with Crippen molar-refractivity contribution in [2.24, 2.45) is 0 Å². The van der Waals surface area contributed by atoms with Gasteiger partial charge in [-0.1, -0.05) is 0 Å². The SMILES string of the molecule is Nc1cc(S(=O)(=O)NC2CCOC2)ccn1. The van der Waals surface area contributed by atoms with Gasteiger partial charge in [-0.2, -0.15) is 0 Å². The molecular weight excluding hydrogens is 230 g/mol. The largest absolute Gasteiger partial charge is 0.384 e. The van der Waals surface area contributed by atoms with E-state index < -0.39 is 10.0 Å². The molecule has 0 amide bonds. The van der Waals surface area contributed by atoms with Gasteiger partial charge in [0.1, 0.15) is 5.82 Å². The van der Waals surface area contributed by atoms with Crippen molar-refractivity contribution in [3.8, 4) is 0 Å². The average Bonchev–Trinajstić information content (AvgIpc) is 2.70. The molecule has 1 aromatic heterocycles. The number of ether oxygens (including phenoxy) is 1. The fraction of sp³-hybridized carbons (Fsp3) is 0.444. The molecule has 1 unspecified atom stereocenters. The highest BCUT2D eigenvalue weighted by molar-refractivity contribution is 7.89. The summed E-state index contributed by atoms with van der Waals surface area (Å²) in [5.41, 5.74) is 5.44. The fourth-order valence-corrected chi connectivity index (χ4v) is 2.79. The molecule has 2 heterocycles. The number of nitrogens with two attached hydrogens (primary N) is 1. The van der Waals surface area contributed by atoms with Gasteiger partial charge in [0.15, 0.2) is 0 Å². The molecule has 6 nitrogen and oxygen atoms in total. The quantitative estimate of drug-likeness (QED) is 0.762. The highest BCUT2D eigenvalue weighted by Gasteiger charge is 2.23. The minimum atomic E-state index is -3.52. The average molecular weight is 243 g/mol. The molecule has 0 bridgehead atoms. The van der Waals surface area contributed by atoms with Crippen molar-refractivity contribution >= 4 is 15.8 Å². The minimum Gasteiger partial charge on any atom is -0.384 e. The van der Waals surface area contributed by atoms with Gasteiger partial charge in [0, 0.05) is 24.9 Å². The van der Waals surface area contributed by atoms with Crippen LogP contribution in [0.2, 0.25) is 0 Å². The van der Waals surface area contributed by atoms with Gasteiger partial charge in [-0.3, -0.25) is 0 Å². The van der Waals surface area contributed by atoms with Crippen molar-refractivity contribution in [1.82, 2.24) is 9.71 Å². The van der Waals surface area contributed by atoms with Crippen molar-refractivity contribution in [3.63, 3.8) is 0 Å². The number of rotatable bonds is 3. The van der Waals surface area contributed by atoms with E-state index in [0.29, 0.717) is 19.6 Å². The van der Waals surface area contributed by atoms with E-state index >= 15 is 0 Å². The Kier molecular flexibility index (Phi) is 3.08. The van der Waals surface area contributed by atoms with Crippen LogP contribution in [0.5, 0.6) is 0 Å². The smallest absolute Gasteiger partial charge is 0.241 e. The van der Waals surface area contributed by atoms with Crippen LogP contribution < -0.4 is 10.5 Å². The molecule has 1 aliphatic heterocycles. The summed E-state index contributed by atoms with van der Waals surface area (Å²) in [7, 11) is -3.52. The first-order chi connectivity index (χ1) is 7.58. The Morgan fingerprint density at radius 2 is 2.38 bits per heavy atom. The highest BCUT2D eigenvalue weighted by Crippen LogP contribution is 2.13. The van der Waals surface area contributed by atoms with Gasteiger partial charge in [0.05, 0.1) is 11.5 Å². The lowest BCUT2D eigenvalue weighted by atomic mass is 10.3. The van der Waals surface area contributed by atoms with Gasteiger partial charge >= 0.3 is 0 Å². The van der Waals surface area contributed by atoms with Crippen LogP contribution in [-0.2, 0) is 14.8 Å². The summed E-state index contributed by atoms with van der Waals surface area (Å²) >= 11 is 0. The van der Waals surface area contributed by atoms with Crippen LogP contribution in [0.3, 0.4) is 0 Å². The maximum atomic E-state index is 11.9. The van der Waals surface area contributed by atoms with Gasteiger partial charge in [0.2, 0.25) is 10.0 Å². The number of hydrogen-bond donors (Lipinski definition) is 2. The Labute approximate surface area is 93.9 Å². The Morgan fingerprint density at radius 3 is 3.00 bits per heavy atom. The van der Waals surface area contributed by atoms with Gasteiger partial charge in [-0.25, -0.2) is 18.1 Å². The molecule has 7 heteroatoms. The molecule has 0 radical (unpaired) electrons. The molecule has 1 aliphatic rings. The van der Waals surface area contributed by atoms with Gasteiger partial charge in [0.25, 0.3) is 0 Å². The summed E-state index contributed by atoms with van der Waals surface area (Å²) in [6.45, 7) is 1.01. The molecule has 1 saturated heterocycles. The summed E-state index contributed by atoms with van der Waals surface area (Å²) in [5.74, 6) is 0.186. The summed E-state index contributed by atoms with van der Waals surface area (Å²) in [5, 5.41) is 0. The van der Waals surface area contributed by atoms with Crippen LogP contribution in [0, 0.1) is 0 Å². The minimum absolute atomic E-state index is 0.131. The van der Waals surface area contributed by atoms with Crippen molar-refractivity contribution in [3.05, 3.63) is 18.3 Å². The highest BCUT2D eigenvalue weighted by atomic mass is 32.2. The van der Waals surface area contributed by atoms with Crippen LogP contribution in [0.4, 0.5) is 5.82 Å². The third-order valence-electron chi connectivity index (χ3n) is 2.31. The van der Waals surface area contributed by atoms with Crippen LogP contribution in [0.15, 0.2) is 23.2 Å². The van der Waals surface area contributed by atoms with Crippen LogP contribution in [-0.4, -0.2) is 32.7 Å². The molecule has 3 N–H and O–H groups in total. The molecule has 1 aromatic rings. The number of pyridine rings is 1. The predicted octanol–water partition coefficient (Wildman–Crippen LogP) is -0.269. The van der Waals surface area contributed by atoms with E-state index in [9.17, 15) is 8.42 Å². The molecule has 0 saturated carbocycles. The lowest BCUT2D eigenvalue weighted by molar-refractivity contribution is 0.192. The Balaban J connectivity index is 2.18. The second kappa shape index (κ2) is 4.36. The fourth-order valence-electron chi connectivity index (χ4n) is 1.51. The van der Waals surface area contributed by atoms with Crippen LogP contribution in [0.1, 0.15) is 6.42 Å². The van der Waals surface area contributed by atoms with Crippen LogP contribution in [0.25, 0.3) is 0 Å². The van der Waals surface area contributed by atoms with Crippen molar-refractivity contribution in [1.29, 1.82) is 0 Å². The first-order valence-electron chi connectivity index (χ1n) is 4.89. The van der Waals surface area contributed by atoms with E-state index in [1.54, 1.807) is 0 Å². The number of anilines is 1. The summed E-state index contributed by atoms with van der Waals surface area (Å²) in [4.78, 5) is 3.88. The zero-order valence-corrected chi connectivity index (χ0v) is 9.40. The zero-order chi connectivity index (χ0) is 11.6. The maximum Gasteiger partial charge on any atom is 0.241 e. The molecule has 1 fully saturated rings. The van der Waals surface area contributed by atoms with Gasteiger partial charge in [-0.05, 0) is 12.5 Å².